The first kappa shape index (κ1) is 51.4. The quantitative estimate of drug-likeness (QED) is 0.0952. The van der Waals surface area contributed by atoms with E-state index in [1.807, 2.05) is 32.9 Å². The number of alkyl carbamates (subject to hydrolysis) is 1. The Labute approximate surface area is 392 Å². The van der Waals surface area contributed by atoms with E-state index in [-0.39, 0.29) is 66.8 Å². The van der Waals surface area contributed by atoms with Gasteiger partial charge in [0.1, 0.15) is 35.1 Å². The van der Waals surface area contributed by atoms with Crippen LogP contribution in [0.3, 0.4) is 0 Å². The predicted molar refractivity (Wildman–Crippen MR) is 247 cm³/mol. The van der Waals surface area contributed by atoms with Gasteiger partial charge < -0.3 is 39.2 Å². The van der Waals surface area contributed by atoms with Crippen LogP contribution in [0.15, 0.2) is 48.1 Å². The van der Waals surface area contributed by atoms with Crippen molar-refractivity contribution in [2.75, 3.05) is 57.8 Å². The molecule has 65 heavy (non-hydrogen) atoms. The van der Waals surface area contributed by atoms with Crippen LogP contribution in [-0.2, 0) is 49.4 Å². The Kier molecular flexibility index (Phi) is 17.6. The smallest absolute Gasteiger partial charge is 0.409 e. The zero-order valence-corrected chi connectivity index (χ0v) is 40.4. The third kappa shape index (κ3) is 12.7. The largest absolute Gasteiger partial charge is 0.495 e. The van der Waals surface area contributed by atoms with Crippen LogP contribution in [0.2, 0.25) is 5.02 Å². The summed E-state index contributed by atoms with van der Waals surface area (Å²) >= 11 is 6.81. The number of aliphatic hydroxyl groups is 1. The SMILES string of the molecule is COc1cc2cc(c1Cl)N(C)C(=O)C[C@H](OC(=O)[C@H](C)N(C)C(=O)CCSSCCNC(=O)CCN1C(=O)C=CC1=O)[C@@]1(C)C[C@H]1[C@H](C)[C@@H]1C[C@@](O)(NC(=O)O1)[C@H](OC)/C=C/C=C(\C)C2. The normalized spacial score (nSPS) is 28.6. The van der Waals surface area contributed by atoms with E-state index in [0.29, 0.717) is 42.3 Å². The second-order valence-electron chi connectivity index (χ2n) is 17.2. The number of halogens is 1. The fraction of sp³-hybridized carbons (Fsp3) is 0.578. The minimum atomic E-state index is -1.81. The molecule has 356 valence electrons. The highest BCUT2D eigenvalue weighted by molar-refractivity contribution is 8.76. The third-order valence-corrected chi connectivity index (χ3v) is 15.5. The average molecular weight is 963 g/mol. The third-order valence-electron chi connectivity index (χ3n) is 12.7. The molecule has 8 atom stereocenters. The van der Waals surface area contributed by atoms with Crippen molar-refractivity contribution in [3.05, 3.63) is 58.7 Å². The van der Waals surface area contributed by atoms with Gasteiger partial charge in [-0.25, -0.2) is 9.59 Å². The van der Waals surface area contributed by atoms with Crippen LogP contribution in [0.1, 0.15) is 65.4 Å². The van der Waals surface area contributed by atoms with E-state index in [0.717, 1.165) is 16.0 Å². The van der Waals surface area contributed by atoms with Crippen LogP contribution < -0.4 is 20.3 Å². The maximum Gasteiger partial charge on any atom is 0.409 e. The number of anilines is 1. The Bertz CT molecular complexity index is 2090. The summed E-state index contributed by atoms with van der Waals surface area (Å²) in [5, 5.41) is 17.4. The summed E-state index contributed by atoms with van der Waals surface area (Å²) in [6, 6.07) is 2.59. The molecule has 1 saturated heterocycles. The number of imide groups is 1. The number of carbonyl (C=O) groups excluding carboxylic acids is 7. The molecule has 4 aliphatic rings. The number of hydrogen-bond acceptors (Lipinski definition) is 14. The minimum Gasteiger partial charge on any atom is -0.495 e. The molecular weight excluding hydrogens is 902 g/mol. The van der Waals surface area contributed by atoms with Crippen molar-refractivity contribution >= 4 is 80.5 Å². The first-order chi connectivity index (χ1) is 30.7. The zero-order valence-electron chi connectivity index (χ0n) is 38.1. The topological polar surface area (TPSA) is 210 Å². The summed E-state index contributed by atoms with van der Waals surface area (Å²) in [6.07, 6.45) is 5.00. The molecule has 6 amide bonds. The molecule has 0 aromatic heterocycles. The highest BCUT2D eigenvalue weighted by atomic mass is 35.5. The van der Waals surface area contributed by atoms with Gasteiger partial charge in [-0.1, -0.05) is 70.8 Å². The summed E-state index contributed by atoms with van der Waals surface area (Å²) in [6.45, 7) is 7.66. The van der Waals surface area contributed by atoms with Crippen molar-refractivity contribution in [1.29, 1.82) is 0 Å². The van der Waals surface area contributed by atoms with E-state index in [9.17, 15) is 38.7 Å². The van der Waals surface area contributed by atoms with Crippen LogP contribution in [0, 0.1) is 17.3 Å². The predicted octanol–water partition coefficient (Wildman–Crippen LogP) is 4.59. The number of hydrogen-bond donors (Lipinski definition) is 3. The second kappa shape index (κ2) is 22.3. The van der Waals surface area contributed by atoms with Gasteiger partial charge in [0.2, 0.25) is 17.7 Å². The van der Waals surface area contributed by atoms with Gasteiger partial charge in [0.15, 0.2) is 5.72 Å². The first-order valence-electron chi connectivity index (χ1n) is 21.4. The number of esters is 1. The van der Waals surface area contributed by atoms with Gasteiger partial charge in [0.25, 0.3) is 11.8 Å². The monoisotopic (exact) mass is 961 g/mol. The molecule has 1 aliphatic carbocycles. The van der Waals surface area contributed by atoms with Gasteiger partial charge in [-0.15, -0.1) is 0 Å². The van der Waals surface area contributed by atoms with Gasteiger partial charge in [0, 0.05) is 82.6 Å². The molecule has 0 unspecified atom stereocenters. The maximum absolute atomic E-state index is 14.3. The number of ether oxygens (including phenoxy) is 4. The molecule has 0 radical (unpaired) electrons. The summed E-state index contributed by atoms with van der Waals surface area (Å²) in [5.74, 6) is -1.76. The molecular formula is C45H60ClN5O12S2. The number of amides is 6. The van der Waals surface area contributed by atoms with Crippen LogP contribution in [0.5, 0.6) is 5.75 Å². The summed E-state index contributed by atoms with van der Waals surface area (Å²) < 4.78 is 23.3. The number of nitrogens with one attached hydrogen (secondary N) is 2. The molecule has 2 fully saturated rings. The number of rotatable bonds is 15. The van der Waals surface area contributed by atoms with Crippen molar-refractivity contribution in [1.82, 2.24) is 20.4 Å². The number of nitrogens with zero attached hydrogens (tertiary/aromatic N) is 3. The van der Waals surface area contributed by atoms with Gasteiger partial charge in [0.05, 0.1) is 19.2 Å². The van der Waals surface area contributed by atoms with E-state index < -0.39 is 59.4 Å². The Morgan fingerprint density at radius 1 is 1.09 bits per heavy atom. The lowest BCUT2D eigenvalue weighted by Crippen LogP contribution is -2.63. The lowest BCUT2D eigenvalue weighted by atomic mass is 9.83. The van der Waals surface area contributed by atoms with Crippen LogP contribution >= 0.6 is 33.2 Å². The van der Waals surface area contributed by atoms with Crippen molar-refractivity contribution in [2.45, 2.75) is 96.3 Å². The lowest BCUT2D eigenvalue weighted by Gasteiger charge is -2.42. The zero-order chi connectivity index (χ0) is 47.8. The van der Waals surface area contributed by atoms with Crippen LogP contribution in [0.4, 0.5) is 10.5 Å². The van der Waals surface area contributed by atoms with E-state index in [1.54, 1.807) is 32.2 Å². The molecule has 3 N–H and O–H groups in total. The highest BCUT2D eigenvalue weighted by Gasteiger charge is 2.62. The molecule has 3 heterocycles. The Hall–Kier alpha value is -4.56. The Morgan fingerprint density at radius 3 is 2.46 bits per heavy atom. The summed E-state index contributed by atoms with van der Waals surface area (Å²) in [5.41, 5.74) is -0.448. The molecule has 5 rings (SSSR count). The summed E-state index contributed by atoms with van der Waals surface area (Å²) in [7, 11) is 8.94. The number of likely N-dealkylation sites (N-methyl/N-ethyl adjacent to an activating group) is 1. The van der Waals surface area contributed by atoms with Gasteiger partial charge in [-0.2, -0.15) is 0 Å². The minimum absolute atomic E-state index is 0.00307. The Morgan fingerprint density at radius 2 is 1.78 bits per heavy atom. The fourth-order valence-electron chi connectivity index (χ4n) is 8.38. The van der Waals surface area contributed by atoms with Crippen molar-refractivity contribution in [3.8, 4) is 5.75 Å². The molecule has 0 spiro atoms. The number of fused-ring (bicyclic) bond motifs is 5. The fourth-order valence-corrected chi connectivity index (χ4v) is 10.6. The van der Waals surface area contributed by atoms with Gasteiger partial charge in [-0.05, 0) is 56.2 Å². The molecule has 3 aliphatic heterocycles. The lowest BCUT2D eigenvalue weighted by molar-refractivity contribution is -0.163. The summed E-state index contributed by atoms with van der Waals surface area (Å²) in [4.78, 5) is 93.8. The van der Waals surface area contributed by atoms with E-state index in [4.69, 9.17) is 30.5 Å². The average Bonchev–Trinajstić information content (AvgIpc) is 3.86. The maximum atomic E-state index is 14.3. The Balaban J connectivity index is 1.26. The standard InChI is InChI=1S/C45H60ClN5O12S2/c1-26-10-9-11-34(61-8)45(59)25-33(62-43(58)48-45)27(2)30-24-44(30,4)35(23-40(56)50(6)31-21-29(20-26)22-32(60-7)41(31)46)63-42(57)28(3)49(5)37(53)15-18-64-65-19-16-47-36(52)14-17-51-38(54)12-13-39(51)55/h9-13,21-22,27-28,30,33-35,59H,14-20,23-25H2,1-8H3,(H,47,52)(H,48,58)/b11-9+,26-10+/t27-,28-,30-,33-,34+,35-,44-,45-/m0/s1. The van der Waals surface area contributed by atoms with Crippen LogP contribution in [0.25, 0.3) is 0 Å². The number of benzene rings is 1. The number of carbonyl (C=O) groups is 7. The van der Waals surface area contributed by atoms with Crippen molar-refractivity contribution in [3.63, 3.8) is 0 Å². The van der Waals surface area contributed by atoms with Gasteiger partial charge >= 0.3 is 12.1 Å². The van der Waals surface area contributed by atoms with E-state index in [1.165, 1.54) is 64.8 Å². The van der Waals surface area contributed by atoms with Crippen molar-refractivity contribution in [2.24, 2.45) is 17.3 Å². The molecule has 1 aromatic carbocycles. The molecule has 20 heteroatoms. The van der Waals surface area contributed by atoms with E-state index in [2.05, 4.69) is 10.6 Å². The van der Waals surface area contributed by atoms with Gasteiger partial charge in [-0.3, -0.25) is 34.2 Å². The first-order valence-corrected chi connectivity index (χ1v) is 24.3. The molecule has 4 bridgehead atoms. The molecule has 1 saturated carbocycles. The number of methoxy groups -OCH3 is 2. The van der Waals surface area contributed by atoms with Crippen LogP contribution in [-0.4, -0.2) is 139 Å². The second-order valence-corrected chi connectivity index (χ2v) is 20.2. The van der Waals surface area contributed by atoms with E-state index >= 15 is 0 Å². The molecule has 17 nitrogen and oxygen atoms in total. The highest BCUT2D eigenvalue weighted by Crippen LogP contribution is 2.61. The van der Waals surface area contributed by atoms with Crippen molar-refractivity contribution < 1.29 is 57.6 Å². The molecule has 1 aromatic rings. The number of allylic oxidation sites excluding steroid dienone is 3.